The summed E-state index contributed by atoms with van der Waals surface area (Å²) in [6.45, 7) is 2.36. The van der Waals surface area contributed by atoms with Crippen LogP contribution < -0.4 is 20.9 Å². The van der Waals surface area contributed by atoms with Gasteiger partial charge in [0.25, 0.3) is 5.56 Å². The third-order valence-electron chi connectivity index (χ3n) is 2.51. The van der Waals surface area contributed by atoms with Crippen molar-refractivity contribution in [2.45, 2.75) is 6.92 Å². The minimum absolute atomic E-state index is 0.153. The second-order valence-electron chi connectivity index (χ2n) is 3.59. The Labute approximate surface area is 108 Å². The lowest BCUT2D eigenvalue weighted by Gasteiger charge is -2.11. The summed E-state index contributed by atoms with van der Waals surface area (Å²) in [7, 11) is 1.51. The average Bonchev–Trinajstić information content (AvgIpc) is 2.36. The molecule has 0 atom stereocenters. The van der Waals surface area contributed by atoms with Crippen molar-refractivity contribution in [1.29, 1.82) is 0 Å². The van der Waals surface area contributed by atoms with Crippen LogP contribution in [0.1, 0.15) is 6.92 Å². The number of benzene rings is 1. The summed E-state index contributed by atoms with van der Waals surface area (Å²) in [6, 6.07) is 3.26. The van der Waals surface area contributed by atoms with E-state index in [2.05, 4.69) is 4.98 Å². The van der Waals surface area contributed by atoms with Crippen molar-refractivity contribution in [3.05, 3.63) is 27.3 Å². The van der Waals surface area contributed by atoms with Gasteiger partial charge in [0.15, 0.2) is 16.3 Å². The molecule has 96 valence electrons. The first-order valence-corrected chi connectivity index (χ1v) is 5.74. The molecular formula is C11H13N3O3S. The summed E-state index contributed by atoms with van der Waals surface area (Å²) in [4.78, 5) is 14.8. The predicted molar refractivity (Wildman–Crippen MR) is 71.3 cm³/mol. The largest absolute Gasteiger partial charge is 0.493 e. The van der Waals surface area contributed by atoms with Crippen LogP contribution in [0.5, 0.6) is 11.5 Å². The van der Waals surface area contributed by atoms with E-state index in [1.165, 1.54) is 7.11 Å². The maximum absolute atomic E-state index is 11.9. The lowest BCUT2D eigenvalue weighted by atomic mass is 10.2. The number of hydrogen-bond donors (Lipinski definition) is 2. The fourth-order valence-electron chi connectivity index (χ4n) is 1.67. The molecule has 18 heavy (non-hydrogen) atoms. The van der Waals surface area contributed by atoms with Crippen LogP contribution in [-0.2, 0) is 0 Å². The first-order chi connectivity index (χ1) is 8.58. The minimum Gasteiger partial charge on any atom is -0.493 e. The van der Waals surface area contributed by atoms with E-state index in [0.717, 1.165) is 4.68 Å². The van der Waals surface area contributed by atoms with Crippen LogP contribution in [0.15, 0.2) is 16.9 Å². The zero-order valence-corrected chi connectivity index (χ0v) is 10.8. The standard InChI is InChI=1S/C11H13N3O3S/c1-3-17-9-5-7-6(4-8(9)16-2)10(15)14(12)11(18)13-7/h4-5H,3,12H2,1-2H3,(H,13,18). The molecule has 0 aliphatic carbocycles. The van der Waals surface area contributed by atoms with Gasteiger partial charge in [0.1, 0.15) is 0 Å². The molecule has 0 bridgehead atoms. The number of methoxy groups -OCH3 is 1. The maximum atomic E-state index is 11.9. The molecule has 0 spiro atoms. The van der Waals surface area contributed by atoms with Crippen molar-refractivity contribution < 1.29 is 9.47 Å². The number of aromatic amines is 1. The highest BCUT2D eigenvalue weighted by molar-refractivity contribution is 7.71. The van der Waals surface area contributed by atoms with Gasteiger partial charge in [-0.05, 0) is 25.2 Å². The highest BCUT2D eigenvalue weighted by Gasteiger charge is 2.10. The third-order valence-corrected chi connectivity index (χ3v) is 2.81. The molecule has 1 heterocycles. The minimum atomic E-state index is -0.380. The van der Waals surface area contributed by atoms with E-state index in [1.54, 1.807) is 12.1 Å². The lowest BCUT2D eigenvalue weighted by molar-refractivity contribution is 0.311. The molecule has 2 aromatic rings. The van der Waals surface area contributed by atoms with Crippen molar-refractivity contribution in [3.63, 3.8) is 0 Å². The number of aromatic nitrogens is 2. The Morgan fingerprint density at radius 1 is 1.44 bits per heavy atom. The van der Waals surface area contributed by atoms with Crippen LogP contribution >= 0.6 is 12.2 Å². The smallest absolute Gasteiger partial charge is 0.280 e. The van der Waals surface area contributed by atoms with Crippen molar-refractivity contribution >= 4 is 23.1 Å². The van der Waals surface area contributed by atoms with E-state index in [-0.39, 0.29) is 10.3 Å². The molecule has 0 fully saturated rings. The summed E-state index contributed by atoms with van der Waals surface area (Å²) in [6.07, 6.45) is 0. The van der Waals surface area contributed by atoms with Gasteiger partial charge in [-0.1, -0.05) is 0 Å². The number of nitrogens with two attached hydrogens (primary N) is 1. The molecule has 0 saturated heterocycles. The summed E-state index contributed by atoms with van der Waals surface area (Å²) < 4.78 is 11.6. The van der Waals surface area contributed by atoms with Crippen molar-refractivity contribution in [2.75, 3.05) is 19.6 Å². The Balaban J connectivity index is 2.83. The summed E-state index contributed by atoms with van der Waals surface area (Å²) in [5.74, 6) is 6.56. The Morgan fingerprint density at radius 3 is 2.78 bits per heavy atom. The molecule has 2 rings (SSSR count). The lowest BCUT2D eigenvalue weighted by Crippen LogP contribution is -2.28. The van der Waals surface area contributed by atoms with Gasteiger partial charge in [0, 0.05) is 6.07 Å². The number of fused-ring (bicyclic) bond motifs is 1. The van der Waals surface area contributed by atoms with Crippen LogP contribution in [0, 0.1) is 4.77 Å². The van der Waals surface area contributed by atoms with Gasteiger partial charge < -0.3 is 20.3 Å². The van der Waals surface area contributed by atoms with Gasteiger partial charge in [-0.25, -0.2) is 0 Å². The molecule has 0 aliphatic rings. The topological polar surface area (TPSA) is 82.3 Å². The number of nitrogens with zero attached hydrogens (tertiary/aromatic N) is 1. The maximum Gasteiger partial charge on any atom is 0.280 e. The second-order valence-corrected chi connectivity index (χ2v) is 3.97. The van der Waals surface area contributed by atoms with Gasteiger partial charge in [-0.15, -0.1) is 0 Å². The van der Waals surface area contributed by atoms with Crippen molar-refractivity contribution in [3.8, 4) is 11.5 Å². The van der Waals surface area contributed by atoms with Crippen LogP contribution in [-0.4, -0.2) is 23.4 Å². The second kappa shape index (κ2) is 4.69. The molecule has 0 radical (unpaired) electrons. The van der Waals surface area contributed by atoms with Gasteiger partial charge >= 0.3 is 0 Å². The Morgan fingerprint density at radius 2 is 2.17 bits per heavy atom. The third kappa shape index (κ3) is 1.92. The number of nitrogens with one attached hydrogen (secondary N) is 1. The Hall–Kier alpha value is -2.02. The van der Waals surface area contributed by atoms with E-state index in [1.807, 2.05) is 6.92 Å². The van der Waals surface area contributed by atoms with Crippen LogP contribution in [0.3, 0.4) is 0 Å². The zero-order valence-electron chi connectivity index (χ0n) is 10.0. The summed E-state index contributed by atoms with van der Waals surface area (Å²) in [5.41, 5.74) is 0.186. The normalized spacial score (nSPS) is 10.6. The Bertz CT molecular complexity index is 705. The van der Waals surface area contributed by atoms with E-state index in [0.29, 0.717) is 29.0 Å². The molecule has 1 aromatic carbocycles. The van der Waals surface area contributed by atoms with E-state index in [9.17, 15) is 4.79 Å². The zero-order chi connectivity index (χ0) is 13.3. The summed E-state index contributed by atoms with van der Waals surface area (Å²) >= 11 is 4.95. The highest BCUT2D eigenvalue weighted by atomic mass is 32.1. The fourth-order valence-corrected chi connectivity index (χ4v) is 1.86. The first kappa shape index (κ1) is 12.4. The van der Waals surface area contributed by atoms with Crippen LogP contribution in [0.2, 0.25) is 0 Å². The monoisotopic (exact) mass is 267 g/mol. The van der Waals surface area contributed by atoms with Gasteiger partial charge in [0.2, 0.25) is 0 Å². The summed E-state index contributed by atoms with van der Waals surface area (Å²) in [5, 5.41) is 0.395. The van der Waals surface area contributed by atoms with E-state index in [4.69, 9.17) is 27.5 Å². The molecule has 0 saturated carbocycles. The number of H-pyrrole nitrogens is 1. The van der Waals surface area contributed by atoms with E-state index < -0.39 is 0 Å². The van der Waals surface area contributed by atoms with Crippen LogP contribution in [0.25, 0.3) is 10.9 Å². The molecular weight excluding hydrogens is 254 g/mol. The van der Waals surface area contributed by atoms with E-state index >= 15 is 0 Å². The molecule has 0 unspecified atom stereocenters. The average molecular weight is 267 g/mol. The highest BCUT2D eigenvalue weighted by Crippen LogP contribution is 2.30. The van der Waals surface area contributed by atoms with Gasteiger partial charge in [-0.3, -0.25) is 4.79 Å². The van der Waals surface area contributed by atoms with Crippen molar-refractivity contribution in [1.82, 2.24) is 9.66 Å². The molecule has 7 heteroatoms. The fraction of sp³-hybridized carbons (Fsp3) is 0.273. The Kier molecular flexibility index (Phi) is 3.24. The van der Waals surface area contributed by atoms with Crippen molar-refractivity contribution in [2.24, 2.45) is 0 Å². The number of ether oxygens (including phenoxy) is 2. The van der Waals surface area contributed by atoms with Crippen LogP contribution in [0.4, 0.5) is 0 Å². The number of hydrogen-bond acceptors (Lipinski definition) is 5. The quantitative estimate of drug-likeness (QED) is 0.644. The molecule has 0 amide bonds. The molecule has 0 aliphatic heterocycles. The first-order valence-electron chi connectivity index (χ1n) is 5.33. The number of nitrogen functional groups attached to an aromatic ring is 1. The van der Waals surface area contributed by atoms with Gasteiger partial charge in [-0.2, -0.15) is 4.68 Å². The predicted octanol–water partition coefficient (Wildman–Crippen LogP) is 1.18. The SMILES string of the molecule is CCOc1cc2[nH]c(=S)n(N)c(=O)c2cc1OC. The molecule has 3 N–H and O–H groups in total. The number of rotatable bonds is 3. The molecule has 1 aromatic heterocycles. The van der Waals surface area contributed by atoms with Gasteiger partial charge in [0.05, 0.1) is 24.6 Å². The molecule has 6 nitrogen and oxygen atoms in total.